The summed E-state index contributed by atoms with van der Waals surface area (Å²) in [7, 11) is -3.13. The summed E-state index contributed by atoms with van der Waals surface area (Å²) in [6.07, 6.45) is 1.91. The molecular formula is C18H16FN3O4S. The number of nitrogens with zero attached hydrogens (tertiary/aromatic N) is 2. The van der Waals surface area contributed by atoms with Crippen LogP contribution in [0.15, 0.2) is 53.1 Å². The first-order chi connectivity index (χ1) is 12.9. The normalized spacial score (nSPS) is 18.5. The van der Waals surface area contributed by atoms with E-state index < -0.39 is 21.6 Å². The number of rotatable bonds is 4. The second-order valence-corrected chi connectivity index (χ2v) is 8.59. The summed E-state index contributed by atoms with van der Waals surface area (Å²) in [5.41, 5.74) is 0.916. The lowest BCUT2D eigenvalue weighted by Crippen LogP contribution is -2.16. The van der Waals surface area contributed by atoms with E-state index in [0.717, 1.165) is 0 Å². The molecule has 0 spiro atoms. The zero-order valence-corrected chi connectivity index (χ0v) is 14.9. The van der Waals surface area contributed by atoms with E-state index in [9.17, 15) is 17.6 Å². The van der Waals surface area contributed by atoms with E-state index in [0.29, 0.717) is 23.6 Å². The smallest absolute Gasteiger partial charge is 0.276 e. The van der Waals surface area contributed by atoms with Crippen LogP contribution in [0.5, 0.6) is 0 Å². The summed E-state index contributed by atoms with van der Waals surface area (Å²) in [5, 5.41) is 6.91. The lowest BCUT2D eigenvalue weighted by atomic mass is 10.2. The molecule has 1 aliphatic heterocycles. The minimum atomic E-state index is -3.13. The summed E-state index contributed by atoms with van der Waals surface area (Å²) >= 11 is 0. The van der Waals surface area contributed by atoms with E-state index in [1.807, 2.05) is 0 Å². The number of anilines is 1. The number of hydrogen-bond donors (Lipinski definition) is 1. The molecule has 1 atom stereocenters. The van der Waals surface area contributed by atoms with Crippen molar-refractivity contribution in [1.29, 1.82) is 0 Å². The first-order valence-electron chi connectivity index (χ1n) is 8.32. The molecule has 27 heavy (non-hydrogen) atoms. The van der Waals surface area contributed by atoms with Gasteiger partial charge in [0.05, 0.1) is 23.8 Å². The van der Waals surface area contributed by atoms with Crippen molar-refractivity contribution < 1.29 is 22.0 Å². The quantitative estimate of drug-likeness (QED) is 0.740. The number of nitrogens with one attached hydrogen (secondary N) is 1. The number of sulfone groups is 1. The summed E-state index contributed by atoms with van der Waals surface area (Å²) in [6, 6.07) is 10.1. The van der Waals surface area contributed by atoms with Crippen molar-refractivity contribution in [3.63, 3.8) is 0 Å². The fourth-order valence-electron chi connectivity index (χ4n) is 3.12. The third-order valence-corrected chi connectivity index (χ3v) is 6.13. The van der Waals surface area contributed by atoms with Gasteiger partial charge in [-0.25, -0.2) is 12.8 Å². The Morgan fingerprint density at radius 2 is 2.11 bits per heavy atom. The Labute approximate surface area is 154 Å². The predicted octanol–water partition coefficient (Wildman–Crippen LogP) is 2.89. The van der Waals surface area contributed by atoms with Crippen LogP contribution in [0.3, 0.4) is 0 Å². The molecule has 7 nitrogen and oxygen atoms in total. The fraction of sp³-hybridized carbons (Fsp3) is 0.222. The van der Waals surface area contributed by atoms with Crippen LogP contribution in [-0.2, 0) is 9.84 Å². The van der Waals surface area contributed by atoms with Crippen LogP contribution in [0.2, 0.25) is 0 Å². The summed E-state index contributed by atoms with van der Waals surface area (Å²) in [5.74, 6) is -0.455. The largest absolute Gasteiger partial charge is 0.463 e. The van der Waals surface area contributed by atoms with Gasteiger partial charge in [0.15, 0.2) is 21.3 Å². The van der Waals surface area contributed by atoms with Gasteiger partial charge in [-0.2, -0.15) is 5.10 Å². The zero-order chi connectivity index (χ0) is 19.0. The van der Waals surface area contributed by atoms with Gasteiger partial charge in [0, 0.05) is 11.8 Å². The third-order valence-electron chi connectivity index (χ3n) is 4.38. The molecule has 1 fully saturated rings. The Kier molecular flexibility index (Phi) is 4.31. The Balaban J connectivity index is 1.68. The molecule has 1 aromatic carbocycles. The van der Waals surface area contributed by atoms with Crippen LogP contribution >= 0.6 is 0 Å². The minimum absolute atomic E-state index is 0.0344. The monoisotopic (exact) mass is 389 g/mol. The topological polar surface area (TPSA) is 94.2 Å². The molecule has 1 unspecified atom stereocenters. The van der Waals surface area contributed by atoms with Crippen molar-refractivity contribution in [3.8, 4) is 11.5 Å². The molecule has 4 rings (SSSR count). The van der Waals surface area contributed by atoms with Crippen LogP contribution < -0.4 is 5.32 Å². The molecule has 0 saturated carbocycles. The van der Waals surface area contributed by atoms with Gasteiger partial charge >= 0.3 is 0 Å². The molecule has 1 saturated heterocycles. The molecule has 1 amide bonds. The van der Waals surface area contributed by atoms with E-state index in [1.54, 1.807) is 24.3 Å². The van der Waals surface area contributed by atoms with Crippen LogP contribution in [0.25, 0.3) is 11.5 Å². The molecule has 0 bridgehead atoms. The van der Waals surface area contributed by atoms with E-state index in [-0.39, 0.29) is 23.2 Å². The van der Waals surface area contributed by atoms with Gasteiger partial charge in [0.1, 0.15) is 11.5 Å². The van der Waals surface area contributed by atoms with Crippen molar-refractivity contribution in [3.05, 3.63) is 60.2 Å². The van der Waals surface area contributed by atoms with Gasteiger partial charge in [-0.15, -0.1) is 0 Å². The van der Waals surface area contributed by atoms with E-state index in [1.165, 1.54) is 29.1 Å². The van der Waals surface area contributed by atoms with Crippen molar-refractivity contribution in [1.82, 2.24) is 9.78 Å². The molecular weight excluding hydrogens is 373 g/mol. The highest BCUT2D eigenvalue weighted by molar-refractivity contribution is 7.91. The van der Waals surface area contributed by atoms with Crippen molar-refractivity contribution in [2.24, 2.45) is 0 Å². The highest BCUT2D eigenvalue weighted by Gasteiger charge is 2.32. The standard InChI is InChI=1S/C18H16FN3O4S/c19-12-3-1-4-13(9-12)20-18(23)15-10-16(17-5-2-7-26-17)22(21-15)14-6-8-27(24,25)11-14/h1-5,7,9-10,14H,6,8,11H2,(H,20,23). The Morgan fingerprint density at radius 1 is 1.26 bits per heavy atom. The number of amides is 1. The number of benzene rings is 1. The van der Waals surface area contributed by atoms with Crippen molar-refractivity contribution in [2.75, 3.05) is 16.8 Å². The van der Waals surface area contributed by atoms with Gasteiger partial charge in [-0.3, -0.25) is 9.48 Å². The van der Waals surface area contributed by atoms with Crippen molar-refractivity contribution >= 4 is 21.4 Å². The number of furan rings is 1. The van der Waals surface area contributed by atoms with Crippen LogP contribution in [0, 0.1) is 5.82 Å². The molecule has 3 heterocycles. The molecule has 1 aliphatic rings. The first kappa shape index (κ1) is 17.5. The van der Waals surface area contributed by atoms with Gasteiger partial charge in [-0.1, -0.05) is 6.07 Å². The molecule has 140 valence electrons. The maximum atomic E-state index is 13.3. The molecule has 2 aromatic heterocycles. The van der Waals surface area contributed by atoms with Gasteiger partial charge in [-0.05, 0) is 36.8 Å². The minimum Gasteiger partial charge on any atom is -0.463 e. The summed E-state index contributed by atoms with van der Waals surface area (Å²) in [6.45, 7) is 0. The first-order valence-corrected chi connectivity index (χ1v) is 10.1. The van der Waals surface area contributed by atoms with E-state index in [2.05, 4.69) is 10.4 Å². The van der Waals surface area contributed by atoms with Crippen LogP contribution in [0.1, 0.15) is 23.0 Å². The van der Waals surface area contributed by atoms with Gasteiger partial charge in [0.2, 0.25) is 0 Å². The zero-order valence-electron chi connectivity index (χ0n) is 14.1. The number of carbonyl (C=O) groups is 1. The lowest BCUT2D eigenvalue weighted by molar-refractivity contribution is 0.102. The summed E-state index contributed by atoms with van der Waals surface area (Å²) in [4.78, 5) is 12.5. The summed E-state index contributed by atoms with van der Waals surface area (Å²) < 4.78 is 43.9. The van der Waals surface area contributed by atoms with E-state index in [4.69, 9.17) is 4.42 Å². The Hall–Kier alpha value is -2.94. The van der Waals surface area contributed by atoms with Gasteiger partial charge in [0.25, 0.3) is 5.91 Å². The van der Waals surface area contributed by atoms with Crippen LogP contribution in [0.4, 0.5) is 10.1 Å². The average Bonchev–Trinajstić information content (AvgIpc) is 3.32. The lowest BCUT2D eigenvalue weighted by Gasteiger charge is -2.11. The Morgan fingerprint density at radius 3 is 2.78 bits per heavy atom. The maximum Gasteiger partial charge on any atom is 0.276 e. The number of halogens is 1. The molecule has 0 radical (unpaired) electrons. The third kappa shape index (κ3) is 3.63. The molecule has 9 heteroatoms. The number of hydrogen-bond acceptors (Lipinski definition) is 5. The SMILES string of the molecule is O=C(Nc1cccc(F)c1)c1cc(-c2ccco2)n(C2CCS(=O)(=O)C2)n1. The van der Waals surface area contributed by atoms with Gasteiger partial charge < -0.3 is 9.73 Å². The maximum absolute atomic E-state index is 13.3. The molecule has 1 N–H and O–H groups in total. The predicted molar refractivity (Wildman–Crippen MR) is 96.6 cm³/mol. The molecule has 0 aliphatic carbocycles. The highest BCUT2D eigenvalue weighted by atomic mass is 32.2. The van der Waals surface area contributed by atoms with Crippen molar-refractivity contribution in [2.45, 2.75) is 12.5 Å². The fourth-order valence-corrected chi connectivity index (χ4v) is 4.81. The van der Waals surface area contributed by atoms with Crippen LogP contribution in [-0.4, -0.2) is 35.6 Å². The molecule has 3 aromatic rings. The number of carbonyl (C=O) groups excluding carboxylic acids is 1. The second kappa shape index (κ2) is 6.66. The number of aromatic nitrogens is 2. The van der Waals surface area contributed by atoms with E-state index >= 15 is 0 Å². The highest BCUT2D eigenvalue weighted by Crippen LogP contribution is 2.30. The second-order valence-electron chi connectivity index (χ2n) is 6.36. The average molecular weight is 389 g/mol. The Bertz CT molecular complexity index is 1090.